The van der Waals surface area contributed by atoms with E-state index in [1.807, 2.05) is 0 Å². The summed E-state index contributed by atoms with van der Waals surface area (Å²) in [6.45, 7) is 14.3. The van der Waals surface area contributed by atoms with Gasteiger partial charge in [0.2, 0.25) is 0 Å². The van der Waals surface area contributed by atoms with Crippen LogP contribution < -0.4 is 0 Å². The van der Waals surface area contributed by atoms with Gasteiger partial charge in [-0.2, -0.15) is 0 Å². The number of benzene rings is 1. The maximum absolute atomic E-state index is 6.04. The van der Waals surface area contributed by atoms with Crippen molar-refractivity contribution in [3.05, 3.63) is 34.9 Å². The van der Waals surface area contributed by atoms with Crippen LogP contribution in [0.15, 0.2) is 18.2 Å². The van der Waals surface area contributed by atoms with Crippen molar-refractivity contribution in [3.63, 3.8) is 0 Å². The van der Waals surface area contributed by atoms with Crippen molar-refractivity contribution in [1.82, 2.24) is 0 Å². The molecule has 2 heteroatoms. The summed E-state index contributed by atoms with van der Waals surface area (Å²) in [7, 11) is -1.32. The normalized spacial score (nSPS) is 16.5. The van der Waals surface area contributed by atoms with Crippen LogP contribution in [0.5, 0.6) is 0 Å². The molecule has 0 amide bonds. The van der Waals surface area contributed by atoms with Crippen molar-refractivity contribution < 1.29 is 4.74 Å². The molecule has 1 fully saturated rings. The van der Waals surface area contributed by atoms with Crippen molar-refractivity contribution in [3.8, 4) is 11.5 Å². The highest BCUT2D eigenvalue weighted by atomic mass is 28.3. The Morgan fingerprint density at radius 3 is 2.43 bits per heavy atom. The van der Waals surface area contributed by atoms with E-state index in [1.165, 1.54) is 24.0 Å². The summed E-state index contributed by atoms with van der Waals surface area (Å²) in [5.41, 5.74) is 7.43. The zero-order chi connectivity index (χ0) is 15.7. The van der Waals surface area contributed by atoms with Crippen molar-refractivity contribution in [2.75, 3.05) is 0 Å². The molecule has 1 nitrogen and oxygen atoms in total. The molecule has 1 aliphatic rings. The van der Waals surface area contributed by atoms with Crippen molar-refractivity contribution in [1.29, 1.82) is 0 Å². The van der Waals surface area contributed by atoms with Gasteiger partial charge in [-0.3, -0.25) is 0 Å². The molecule has 21 heavy (non-hydrogen) atoms. The van der Waals surface area contributed by atoms with E-state index in [0.717, 1.165) is 12.2 Å². The second-order valence-corrected chi connectivity index (χ2v) is 12.6. The quantitative estimate of drug-likeness (QED) is 0.555. The molecule has 1 saturated carbocycles. The van der Waals surface area contributed by atoms with E-state index >= 15 is 0 Å². The second-order valence-electron chi connectivity index (χ2n) is 7.81. The summed E-state index contributed by atoms with van der Waals surface area (Å²) < 4.78 is 6.04. The monoisotopic (exact) mass is 300 g/mol. The zero-order valence-corrected chi connectivity index (χ0v) is 15.3. The van der Waals surface area contributed by atoms with E-state index in [4.69, 9.17) is 4.74 Å². The summed E-state index contributed by atoms with van der Waals surface area (Å²) in [5, 5.41) is 0. The molecule has 0 aliphatic heterocycles. The number of ether oxygens (including phenoxy) is 1. The molecule has 0 spiro atoms. The molecule has 0 aromatic heterocycles. The Labute approximate surface area is 131 Å². The van der Waals surface area contributed by atoms with Crippen molar-refractivity contribution in [2.45, 2.75) is 71.4 Å². The van der Waals surface area contributed by atoms with Crippen LogP contribution >= 0.6 is 0 Å². The van der Waals surface area contributed by atoms with Crippen LogP contribution in [0.25, 0.3) is 0 Å². The predicted molar refractivity (Wildman–Crippen MR) is 93.2 cm³/mol. The van der Waals surface area contributed by atoms with E-state index in [-0.39, 0.29) is 5.60 Å². The molecule has 0 N–H and O–H groups in total. The van der Waals surface area contributed by atoms with Gasteiger partial charge in [0.15, 0.2) is 0 Å². The molecule has 2 rings (SSSR count). The maximum Gasteiger partial charge on any atom is 0.129 e. The van der Waals surface area contributed by atoms with Crippen LogP contribution in [0, 0.1) is 11.5 Å². The first-order valence-corrected chi connectivity index (χ1v) is 11.5. The average Bonchev–Trinajstić information content (AvgIpc) is 3.12. The predicted octanol–water partition coefficient (Wildman–Crippen LogP) is 5.11. The lowest BCUT2D eigenvalue weighted by Crippen LogP contribution is -2.16. The van der Waals surface area contributed by atoms with Gasteiger partial charge in [-0.15, -0.1) is 5.54 Å². The third kappa shape index (κ3) is 5.02. The van der Waals surface area contributed by atoms with Crippen LogP contribution in [-0.2, 0) is 11.3 Å². The fourth-order valence-corrected chi connectivity index (χ4v) is 2.69. The Balaban J connectivity index is 2.19. The number of hydrogen-bond acceptors (Lipinski definition) is 1. The molecule has 0 atom stereocenters. The van der Waals surface area contributed by atoms with Crippen LogP contribution in [0.4, 0.5) is 0 Å². The van der Waals surface area contributed by atoms with Crippen LogP contribution in [0.2, 0.25) is 19.6 Å². The highest BCUT2D eigenvalue weighted by Gasteiger charge is 2.38. The summed E-state index contributed by atoms with van der Waals surface area (Å²) >= 11 is 0. The van der Waals surface area contributed by atoms with E-state index in [9.17, 15) is 0 Å². The second kappa shape index (κ2) is 5.99. The summed E-state index contributed by atoms with van der Waals surface area (Å²) in [5.74, 6) is 3.87. The molecule has 0 saturated heterocycles. The molecular weight excluding hydrogens is 272 g/mol. The highest BCUT2D eigenvalue weighted by molar-refractivity contribution is 6.83. The van der Waals surface area contributed by atoms with Crippen LogP contribution in [0.1, 0.15) is 56.2 Å². The highest BCUT2D eigenvalue weighted by Crippen LogP contribution is 2.39. The Bertz CT molecular complexity index is 565. The van der Waals surface area contributed by atoms with E-state index in [0.29, 0.717) is 5.92 Å². The van der Waals surface area contributed by atoms with Gasteiger partial charge in [-0.25, -0.2) is 0 Å². The average molecular weight is 301 g/mol. The third-order valence-corrected chi connectivity index (χ3v) is 4.75. The molecule has 0 unspecified atom stereocenters. The van der Waals surface area contributed by atoms with E-state index in [1.54, 1.807) is 0 Å². The van der Waals surface area contributed by atoms with Gasteiger partial charge in [0.1, 0.15) is 8.07 Å². The molecule has 0 bridgehead atoms. The lowest BCUT2D eigenvalue weighted by molar-refractivity contribution is 0.0330. The SMILES string of the molecule is CC(C)c1cc(C#C[Si](C)(C)C)ccc1COC1(C)CC1. The van der Waals surface area contributed by atoms with E-state index < -0.39 is 8.07 Å². The Hall–Kier alpha value is -1.04. The first kappa shape index (κ1) is 16.3. The largest absolute Gasteiger partial charge is 0.371 e. The fourth-order valence-electron chi connectivity index (χ4n) is 2.17. The van der Waals surface area contributed by atoms with Gasteiger partial charge in [0, 0.05) is 5.56 Å². The number of hydrogen-bond donors (Lipinski definition) is 0. The molecule has 1 aromatic carbocycles. The Morgan fingerprint density at radius 2 is 1.90 bits per heavy atom. The van der Waals surface area contributed by atoms with Gasteiger partial charge in [0.25, 0.3) is 0 Å². The lowest BCUT2D eigenvalue weighted by atomic mass is 9.95. The molecule has 0 heterocycles. The van der Waals surface area contributed by atoms with Gasteiger partial charge in [-0.1, -0.05) is 45.5 Å². The molecular formula is C19H28OSi. The number of rotatable bonds is 4. The smallest absolute Gasteiger partial charge is 0.129 e. The Kier molecular flexibility index (Phi) is 4.65. The van der Waals surface area contributed by atoms with Crippen LogP contribution in [0.3, 0.4) is 0 Å². The minimum atomic E-state index is -1.32. The van der Waals surface area contributed by atoms with Crippen LogP contribution in [-0.4, -0.2) is 13.7 Å². The lowest BCUT2D eigenvalue weighted by Gasteiger charge is -2.16. The Morgan fingerprint density at radius 1 is 1.24 bits per heavy atom. The van der Waals surface area contributed by atoms with Gasteiger partial charge >= 0.3 is 0 Å². The van der Waals surface area contributed by atoms with Gasteiger partial charge in [0.05, 0.1) is 12.2 Å². The first-order chi connectivity index (χ1) is 9.69. The summed E-state index contributed by atoms with van der Waals surface area (Å²) in [4.78, 5) is 0. The van der Waals surface area contributed by atoms with E-state index in [2.05, 4.69) is 70.1 Å². The summed E-state index contributed by atoms with van der Waals surface area (Å²) in [6.07, 6.45) is 2.40. The third-order valence-electron chi connectivity index (χ3n) is 3.88. The molecule has 114 valence electrons. The van der Waals surface area contributed by atoms with Gasteiger partial charge < -0.3 is 4.74 Å². The maximum atomic E-state index is 6.04. The standard InChI is InChI=1S/C19H28OSi/c1-15(2)18-13-16(9-12-21(4,5)6)7-8-17(18)14-20-19(3)10-11-19/h7-8,13,15H,10-11,14H2,1-6H3. The van der Waals surface area contributed by atoms with Gasteiger partial charge in [-0.05, 0) is 48.9 Å². The topological polar surface area (TPSA) is 9.23 Å². The minimum Gasteiger partial charge on any atom is -0.371 e. The molecule has 0 radical (unpaired) electrons. The minimum absolute atomic E-state index is 0.143. The summed E-state index contributed by atoms with van der Waals surface area (Å²) in [6, 6.07) is 6.61. The molecule has 1 aromatic rings. The van der Waals surface area contributed by atoms with Crippen molar-refractivity contribution >= 4 is 8.07 Å². The first-order valence-electron chi connectivity index (χ1n) is 7.98. The fraction of sp³-hybridized carbons (Fsp3) is 0.579. The zero-order valence-electron chi connectivity index (χ0n) is 14.3. The molecule has 1 aliphatic carbocycles. The van der Waals surface area contributed by atoms with Crippen molar-refractivity contribution in [2.24, 2.45) is 0 Å².